The predicted octanol–water partition coefficient (Wildman–Crippen LogP) is 4.22. The molecule has 3 nitrogen and oxygen atoms in total. The summed E-state index contributed by atoms with van der Waals surface area (Å²) in [5.41, 5.74) is -5.47. The Labute approximate surface area is 135 Å². The highest BCUT2D eigenvalue weighted by Crippen LogP contribution is 2.66. The monoisotopic (exact) mass is 380 g/mol. The van der Waals surface area contributed by atoms with Crippen LogP contribution in [0.1, 0.15) is 11.9 Å². The summed E-state index contributed by atoms with van der Waals surface area (Å²) < 4.78 is 76.2. The number of aromatic amines is 1. The van der Waals surface area contributed by atoms with Gasteiger partial charge in [0, 0.05) is 18.0 Å². The number of nitrogens with one attached hydrogen (secondary N) is 1. The summed E-state index contributed by atoms with van der Waals surface area (Å²) in [5, 5.41) is 10.0. The molecule has 23 heavy (non-hydrogen) atoms. The van der Waals surface area contributed by atoms with Gasteiger partial charge in [-0.3, -0.25) is 0 Å². The zero-order chi connectivity index (χ0) is 17.7. The maximum absolute atomic E-state index is 13.3. The Hall–Kier alpha value is -1.19. The minimum atomic E-state index is -5.85. The van der Waals surface area contributed by atoms with Crippen LogP contribution in [0.25, 0.3) is 0 Å². The standard InChI is InChI=1S/C12H8Cl2F6N2O/c13-10(14)6(7(23)8-21-4-5-22-8)2-1-3-9(10,11(15,16)17)12(18,19)20/h1-5,7,23H,(H,21,22). The predicted molar refractivity (Wildman–Crippen MR) is 69.8 cm³/mol. The molecule has 0 bridgehead atoms. The van der Waals surface area contributed by atoms with Gasteiger partial charge < -0.3 is 10.1 Å². The molecule has 0 spiro atoms. The Kier molecular flexibility index (Phi) is 4.28. The van der Waals surface area contributed by atoms with Crippen molar-refractivity contribution in [3.05, 3.63) is 42.0 Å². The van der Waals surface area contributed by atoms with E-state index >= 15 is 0 Å². The molecule has 1 aliphatic carbocycles. The van der Waals surface area contributed by atoms with E-state index in [-0.39, 0.29) is 11.9 Å². The van der Waals surface area contributed by atoms with E-state index in [1.807, 2.05) is 0 Å². The van der Waals surface area contributed by atoms with Crippen molar-refractivity contribution in [2.75, 3.05) is 0 Å². The molecule has 1 unspecified atom stereocenters. The van der Waals surface area contributed by atoms with Gasteiger partial charge in [0.25, 0.3) is 0 Å². The Bertz CT molecular complexity index is 619. The first-order chi connectivity index (χ1) is 10.4. The molecular weight excluding hydrogens is 373 g/mol. The van der Waals surface area contributed by atoms with Gasteiger partial charge in [-0.1, -0.05) is 41.4 Å². The van der Waals surface area contributed by atoms with Gasteiger partial charge in [0.1, 0.15) is 11.9 Å². The summed E-state index contributed by atoms with van der Waals surface area (Å²) >= 11 is 11.1. The van der Waals surface area contributed by atoms with E-state index in [4.69, 9.17) is 23.2 Å². The summed E-state index contributed by atoms with van der Waals surface area (Å²) in [7, 11) is 0. The van der Waals surface area contributed by atoms with Gasteiger partial charge in [0.2, 0.25) is 5.41 Å². The van der Waals surface area contributed by atoms with Crippen LogP contribution >= 0.6 is 23.2 Å². The number of hydrogen-bond acceptors (Lipinski definition) is 2. The maximum Gasteiger partial charge on any atom is 0.409 e. The number of rotatable bonds is 2. The van der Waals surface area contributed by atoms with Crippen LogP contribution in [0.5, 0.6) is 0 Å². The quantitative estimate of drug-likeness (QED) is 0.595. The molecule has 0 saturated heterocycles. The molecule has 2 N–H and O–H groups in total. The first kappa shape index (κ1) is 18.2. The van der Waals surface area contributed by atoms with Crippen molar-refractivity contribution in [3.8, 4) is 0 Å². The van der Waals surface area contributed by atoms with E-state index in [1.165, 1.54) is 6.20 Å². The van der Waals surface area contributed by atoms with E-state index in [0.29, 0.717) is 6.08 Å². The molecule has 1 aromatic rings. The van der Waals surface area contributed by atoms with Crippen LogP contribution in [-0.2, 0) is 0 Å². The molecule has 0 aliphatic heterocycles. The highest BCUT2D eigenvalue weighted by atomic mass is 35.5. The number of imidazole rings is 1. The largest absolute Gasteiger partial charge is 0.409 e. The van der Waals surface area contributed by atoms with E-state index in [0.717, 1.165) is 12.3 Å². The van der Waals surface area contributed by atoms with Crippen molar-refractivity contribution in [1.82, 2.24) is 9.97 Å². The lowest BCUT2D eigenvalue weighted by atomic mass is 9.74. The molecule has 128 valence electrons. The Balaban J connectivity index is 2.63. The number of alkyl halides is 8. The zero-order valence-electron chi connectivity index (χ0n) is 10.9. The third-order valence-electron chi connectivity index (χ3n) is 3.45. The number of allylic oxidation sites excluding steroid dienone is 3. The first-order valence-electron chi connectivity index (χ1n) is 5.95. The Morgan fingerprint density at radius 3 is 2.13 bits per heavy atom. The second kappa shape index (κ2) is 5.42. The fourth-order valence-electron chi connectivity index (χ4n) is 2.28. The normalized spacial score (nSPS) is 21.9. The van der Waals surface area contributed by atoms with Crippen molar-refractivity contribution in [1.29, 1.82) is 0 Å². The van der Waals surface area contributed by atoms with Crippen molar-refractivity contribution in [3.63, 3.8) is 0 Å². The molecule has 0 radical (unpaired) electrons. The lowest BCUT2D eigenvalue weighted by Gasteiger charge is -2.46. The average Bonchev–Trinajstić information content (AvgIpc) is 2.87. The second-order valence-corrected chi connectivity index (χ2v) is 6.06. The van der Waals surface area contributed by atoms with Crippen LogP contribution in [0.4, 0.5) is 26.3 Å². The third-order valence-corrected chi connectivity index (χ3v) is 4.48. The molecule has 1 heterocycles. The van der Waals surface area contributed by atoms with E-state index in [9.17, 15) is 31.4 Å². The van der Waals surface area contributed by atoms with Crippen LogP contribution in [0, 0.1) is 5.41 Å². The van der Waals surface area contributed by atoms with Crippen LogP contribution in [-0.4, -0.2) is 31.8 Å². The van der Waals surface area contributed by atoms with E-state index in [1.54, 1.807) is 0 Å². The molecule has 1 aromatic heterocycles. The van der Waals surface area contributed by atoms with Crippen LogP contribution in [0.2, 0.25) is 0 Å². The van der Waals surface area contributed by atoms with Gasteiger partial charge in [0.05, 0.1) is 0 Å². The molecule has 0 saturated carbocycles. The van der Waals surface area contributed by atoms with Gasteiger partial charge >= 0.3 is 12.4 Å². The van der Waals surface area contributed by atoms with Crippen molar-refractivity contribution < 1.29 is 31.4 Å². The molecule has 0 amide bonds. The van der Waals surface area contributed by atoms with Crippen LogP contribution in [0.3, 0.4) is 0 Å². The van der Waals surface area contributed by atoms with E-state index < -0.39 is 33.8 Å². The van der Waals surface area contributed by atoms with Crippen molar-refractivity contribution in [2.45, 2.75) is 22.8 Å². The topological polar surface area (TPSA) is 48.9 Å². The first-order valence-corrected chi connectivity index (χ1v) is 6.70. The van der Waals surface area contributed by atoms with Crippen molar-refractivity contribution in [2.24, 2.45) is 5.41 Å². The minimum absolute atomic E-state index is 0.161. The SMILES string of the molecule is OC(C1=CC=CC(C(F)(F)F)(C(F)(F)F)C1(Cl)Cl)c1ncc[nH]1. The summed E-state index contributed by atoms with van der Waals surface area (Å²) in [6, 6.07) is 0. The lowest BCUT2D eigenvalue weighted by Crippen LogP contribution is -2.60. The number of aromatic nitrogens is 2. The van der Waals surface area contributed by atoms with Gasteiger partial charge in [-0.2, -0.15) is 26.3 Å². The van der Waals surface area contributed by atoms with Gasteiger partial charge in [0.15, 0.2) is 4.33 Å². The number of aliphatic hydroxyl groups is 1. The number of halogens is 8. The molecule has 1 aliphatic rings. The lowest BCUT2D eigenvalue weighted by molar-refractivity contribution is -0.324. The van der Waals surface area contributed by atoms with Gasteiger partial charge in [-0.25, -0.2) is 4.98 Å². The van der Waals surface area contributed by atoms with E-state index in [2.05, 4.69) is 9.97 Å². The van der Waals surface area contributed by atoms with Crippen molar-refractivity contribution >= 4 is 23.2 Å². The highest BCUT2D eigenvalue weighted by Gasteiger charge is 2.79. The second-order valence-electron chi connectivity index (χ2n) is 4.74. The highest BCUT2D eigenvalue weighted by molar-refractivity contribution is 6.51. The molecular formula is C12H8Cl2F6N2O. The molecule has 2 rings (SSSR count). The summed E-state index contributed by atoms with van der Waals surface area (Å²) in [6.07, 6.45) is -10.2. The fourth-order valence-corrected chi connectivity index (χ4v) is 3.16. The average molecular weight is 381 g/mol. The summed E-state index contributed by atoms with van der Waals surface area (Å²) in [4.78, 5) is 5.95. The zero-order valence-corrected chi connectivity index (χ0v) is 12.4. The Morgan fingerprint density at radius 2 is 1.70 bits per heavy atom. The molecule has 0 fully saturated rings. The van der Waals surface area contributed by atoms with Gasteiger partial charge in [-0.05, 0) is 0 Å². The fraction of sp³-hybridized carbons (Fsp3) is 0.417. The molecule has 1 atom stereocenters. The third kappa shape index (κ3) is 2.54. The number of nitrogens with zero attached hydrogens (tertiary/aromatic N) is 1. The van der Waals surface area contributed by atoms with Gasteiger partial charge in [-0.15, -0.1) is 0 Å². The number of aliphatic hydroxyl groups excluding tert-OH is 1. The summed E-state index contributed by atoms with van der Waals surface area (Å²) in [5.74, 6) is -0.296. The maximum atomic E-state index is 13.3. The number of hydrogen-bond donors (Lipinski definition) is 2. The van der Waals surface area contributed by atoms with Crippen LogP contribution < -0.4 is 0 Å². The molecule has 11 heteroatoms. The molecule has 0 aromatic carbocycles. The Morgan fingerprint density at radius 1 is 1.13 bits per heavy atom. The smallest absolute Gasteiger partial charge is 0.381 e. The number of H-pyrrole nitrogens is 1. The van der Waals surface area contributed by atoms with Crippen LogP contribution in [0.15, 0.2) is 36.2 Å². The summed E-state index contributed by atoms with van der Waals surface area (Å²) in [6.45, 7) is 0. The minimum Gasteiger partial charge on any atom is -0.381 e.